The Morgan fingerprint density at radius 1 is 1.29 bits per heavy atom. The van der Waals surface area contributed by atoms with Crippen molar-refractivity contribution in [3.8, 4) is 0 Å². The van der Waals surface area contributed by atoms with Crippen LogP contribution in [0, 0.1) is 0 Å². The first-order chi connectivity index (χ1) is 8.13. The number of hydrogen-bond acceptors (Lipinski definition) is 3. The van der Waals surface area contributed by atoms with Crippen LogP contribution in [0.1, 0.15) is 19.4 Å². The molecule has 17 heavy (non-hydrogen) atoms. The van der Waals surface area contributed by atoms with E-state index < -0.39 is 0 Å². The Hall–Kier alpha value is -1.06. The van der Waals surface area contributed by atoms with E-state index in [1.165, 1.54) is 5.56 Å². The van der Waals surface area contributed by atoms with Crippen molar-refractivity contribution in [1.82, 2.24) is 4.90 Å². The molecule has 1 aliphatic rings. The van der Waals surface area contributed by atoms with Gasteiger partial charge in [-0.1, -0.05) is 12.1 Å². The molecule has 2 N–H and O–H groups in total. The van der Waals surface area contributed by atoms with Crippen LogP contribution >= 0.6 is 0 Å². The third-order valence-corrected chi connectivity index (χ3v) is 3.16. The van der Waals surface area contributed by atoms with E-state index in [1.807, 2.05) is 12.1 Å². The van der Waals surface area contributed by atoms with Crippen molar-refractivity contribution < 1.29 is 4.74 Å². The van der Waals surface area contributed by atoms with Crippen LogP contribution in [-0.4, -0.2) is 36.7 Å². The predicted molar refractivity (Wildman–Crippen MR) is 71.0 cm³/mol. The Kier molecular flexibility index (Phi) is 4.02. The molecule has 2 rings (SSSR count). The van der Waals surface area contributed by atoms with Crippen LogP contribution in [0.4, 0.5) is 5.69 Å². The van der Waals surface area contributed by atoms with E-state index in [4.69, 9.17) is 10.5 Å². The van der Waals surface area contributed by atoms with Gasteiger partial charge in [0.25, 0.3) is 0 Å². The zero-order chi connectivity index (χ0) is 12.3. The fourth-order valence-corrected chi connectivity index (χ4v) is 2.50. The molecule has 0 unspecified atom stereocenters. The lowest BCUT2D eigenvalue weighted by Gasteiger charge is -2.35. The van der Waals surface area contributed by atoms with Gasteiger partial charge in [-0.15, -0.1) is 0 Å². The number of rotatable bonds is 3. The Morgan fingerprint density at radius 2 is 2.00 bits per heavy atom. The Labute approximate surface area is 104 Å². The highest BCUT2D eigenvalue weighted by molar-refractivity contribution is 5.40. The number of nitrogens with two attached hydrogens (primary N) is 1. The SMILES string of the molecule is C[C@@H]1CN(CCc2cccc(N)c2)C[C@H](C)O1. The van der Waals surface area contributed by atoms with E-state index >= 15 is 0 Å². The number of nitrogen functional groups attached to an aromatic ring is 1. The Balaban J connectivity index is 1.85. The quantitative estimate of drug-likeness (QED) is 0.812. The van der Waals surface area contributed by atoms with Crippen molar-refractivity contribution >= 4 is 5.69 Å². The van der Waals surface area contributed by atoms with Gasteiger partial charge in [-0.3, -0.25) is 4.90 Å². The van der Waals surface area contributed by atoms with E-state index in [0.29, 0.717) is 12.2 Å². The number of hydrogen-bond donors (Lipinski definition) is 1. The lowest BCUT2D eigenvalue weighted by atomic mass is 10.1. The van der Waals surface area contributed by atoms with Gasteiger partial charge in [0.2, 0.25) is 0 Å². The summed E-state index contributed by atoms with van der Waals surface area (Å²) >= 11 is 0. The number of morpholine rings is 1. The van der Waals surface area contributed by atoms with Crippen molar-refractivity contribution in [2.24, 2.45) is 0 Å². The number of ether oxygens (including phenoxy) is 1. The van der Waals surface area contributed by atoms with Gasteiger partial charge < -0.3 is 10.5 Å². The molecular weight excluding hydrogens is 212 g/mol. The second-order valence-corrected chi connectivity index (χ2v) is 5.01. The van der Waals surface area contributed by atoms with E-state index in [1.54, 1.807) is 0 Å². The average Bonchev–Trinajstić information content (AvgIpc) is 2.25. The summed E-state index contributed by atoms with van der Waals surface area (Å²) in [6, 6.07) is 8.16. The molecule has 0 amide bonds. The molecule has 1 fully saturated rings. The van der Waals surface area contributed by atoms with E-state index in [0.717, 1.165) is 31.7 Å². The highest BCUT2D eigenvalue weighted by Crippen LogP contribution is 2.12. The molecule has 1 aliphatic heterocycles. The van der Waals surface area contributed by atoms with Crippen molar-refractivity contribution in [3.63, 3.8) is 0 Å². The molecule has 0 bridgehead atoms. The van der Waals surface area contributed by atoms with Crippen LogP contribution in [0.3, 0.4) is 0 Å². The topological polar surface area (TPSA) is 38.5 Å². The molecule has 0 spiro atoms. The van der Waals surface area contributed by atoms with E-state index in [9.17, 15) is 0 Å². The standard InChI is InChI=1S/C14H22N2O/c1-11-9-16(10-12(2)17-11)7-6-13-4-3-5-14(15)8-13/h3-5,8,11-12H,6-7,9-10,15H2,1-2H3/t11-,12+. The summed E-state index contributed by atoms with van der Waals surface area (Å²) in [6.07, 6.45) is 1.75. The maximum absolute atomic E-state index is 5.78. The van der Waals surface area contributed by atoms with E-state index in [2.05, 4.69) is 30.9 Å². The van der Waals surface area contributed by atoms with Crippen LogP contribution in [-0.2, 0) is 11.2 Å². The predicted octanol–water partition coefficient (Wildman–Crippen LogP) is 1.92. The molecule has 0 aliphatic carbocycles. The van der Waals surface area contributed by atoms with Gasteiger partial charge in [-0.2, -0.15) is 0 Å². The first-order valence-corrected chi connectivity index (χ1v) is 6.35. The van der Waals surface area contributed by atoms with Gasteiger partial charge in [0.05, 0.1) is 12.2 Å². The molecule has 0 radical (unpaired) electrons. The van der Waals surface area contributed by atoms with Gasteiger partial charge in [0, 0.05) is 25.3 Å². The minimum Gasteiger partial charge on any atom is -0.399 e. The molecule has 1 heterocycles. The average molecular weight is 234 g/mol. The summed E-state index contributed by atoms with van der Waals surface area (Å²) in [6.45, 7) is 7.44. The number of anilines is 1. The molecular formula is C14H22N2O. The summed E-state index contributed by atoms with van der Waals surface area (Å²) in [7, 11) is 0. The smallest absolute Gasteiger partial charge is 0.0678 e. The fraction of sp³-hybridized carbons (Fsp3) is 0.571. The molecule has 94 valence electrons. The molecule has 1 saturated heterocycles. The van der Waals surface area contributed by atoms with Crippen molar-refractivity contribution in [3.05, 3.63) is 29.8 Å². The molecule has 3 nitrogen and oxygen atoms in total. The largest absolute Gasteiger partial charge is 0.399 e. The lowest BCUT2D eigenvalue weighted by molar-refractivity contribution is -0.0675. The van der Waals surface area contributed by atoms with E-state index in [-0.39, 0.29) is 0 Å². The summed E-state index contributed by atoms with van der Waals surface area (Å²) in [5, 5.41) is 0. The van der Waals surface area contributed by atoms with Crippen LogP contribution in [0.5, 0.6) is 0 Å². The molecule has 1 aromatic carbocycles. The summed E-state index contributed by atoms with van der Waals surface area (Å²) < 4.78 is 5.73. The first kappa shape index (κ1) is 12.4. The molecule has 2 atom stereocenters. The van der Waals surface area contributed by atoms with Crippen molar-refractivity contribution in [1.29, 1.82) is 0 Å². The van der Waals surface area contributed by atoms with Gasteiger partial charge in [-0.05, 0) is 38.0 Å². The zero-order valence-electron chi connectivity index (χ0n) is 10.7. The minimum absolute atomic E-state index is 0.347. The lowest BCUT2D eigenvalue weighted by Crippen LogP contribution is -2.46. The third-order valence-electron chi connectivity index (χ3n) is 3.16. The minimum atomic E-state index is 0.347. The summed E-state index contributed by atoms with van der Waals surface area (Å²) in [5.74, 6) is 0. The van der Waals surface area contributed by atoms with Crippen LogP contribution in [0.2, 0.25) is 0 Å². The van der Waals surface area contributed by atoms with Crippen molar-refractivity contribution in [2.45, 2.75) is 32.5 Å². The van der Waals surface area contributed by atoms with Crippen molar-refractivity contribution in [2.75, 3.05) is 25.4 Å². The Bertz CT molecular complexity index is 357. The van der Waals surface area contributed by atoms with Crippen LogP contribution in [0.15, 0.2) is 24.3 Å². The molecule has 0 saturated carbocycles. The van der Waals surface area contributed by atoms with Gasteiger partial charge in [0.1, 0.15) is 0 Å². The van der Waals surface area contributed by atoms with Crippen LogP contribution in [0.25, 0.3) is 0 Å². The highest BCUT2D eigenvalue weighted by Gasteiger charge is 2.21. The number of nitrogens with zero attached hydrogens (tertiary/aromatic N) is 1. The monoisotopic (exact) mass is 234 g/mol. The maximum Gasteiger partial charge on any atom is 0.0678 e. The second kappa shape index (κ2) is 5.52. The summed E-state index contributed by atoms with van der Waals surface area (Å²) in [5.41, 5.74) is 7.95. The maximum atomic E-state index is 5.78. The first-order valence-electron chi connectivity index (χ1n) is 6.35. The molecule has 1 aromatic rings. The zero-order valence-corrected chi connectivity index (χ0v) is 10.7. The normalized spacial score (nSPS) is 26.0. The number of benzene rings is 1. The van der Waals surface area contributed by atoms with Gasteiger partial charge in [-0.25, -0.2) is 0 Å². The highest BCUT2D eigenvalue weighted by atomic mass is 16.5. The summed E-state index contributed by atoms with van der Waals surface area (Å²) in [4.78, 5) is 2.47. The van der Waals surface area contributed by atoms with Crippen LogP contribution < -0.4 is 5.73 Å². The second-order valence-electron chi connectivity index (χ2n) is 5.01. The van der Waals surface area contributed by atoms with Gasteiger partial charge in [0.15, 0.2) is 0 Å². The fourth-order valence-electron chi connectivity index (χ4n) is 2.50. The molecule has 0 aromatic heterocycles. The Morgan fingerprint density at radius 3 is 2.65 bits per heavy atom. The third kappa shape index (κ3) is 3.72. The van der Waals surface area contributed by atoms with Gasteiger partial charge >= 0.3 is 0 Å². The molecule has 3 heteroatoms.